The predicted molar refractivity (Wildman–Crippen MR) is 70.2 cm³/mol. The van der Waals surface area contributed by atoms with Crippen LogP contribution < -0.4 is 5.73 Å². The molecule has 0 unspecified atom stereocenters. The number of anilines is 1. The van der Waals surface area contributed by atoms with Gasteiger partial charge < -0.3 is 10.8 Å². The van der Waals surface area contributed by atoms with E-state index in [9.17, 15) is 5.11 Å². The van der Waals surface area contributed by atoms with E-state index in [0.29, 0.717) is 16.3 Å². The van der Waals surface area contributed by atoms with Crippen LogP contribution in [0.1, 0.15) is 0 Å². The SMILES string of the molecule is Cl.Nc1ccc(-c2ccccc2Cl)c(O)c1. The quantitative estimate of drug-likeness (QED) is 0.764. The molecular weight excluding hydrogens is 245 g/mol. The summed E-state index contributed by atoms with van der Waals surface area (Å²) < 4.78 is 0. The van der Waals surface area contributed by atoms with Crippen LogP contribution >= 0.6 is 24.0 Å². The molecule has 0 spiro atoms. The van der Waals surface area contributed by atoms with E-state index in [4.69, 9.17) is 17.3 Å². The van der Waals surface area contributed by atoms with Crippen molar-refractivity contribution in [2.24, 2.45) is 0 Å². The van der Waals surface area contributed by atoms with Gasteiger partial charge in [0.1, 0.15) is 5.75 Å². The summed E-state index contributed by atoms with van der Waals surface area (Å²) in [4.78, 5) is 0. The zero-order chi connectivity index (χ0) is 10.8. The lowest BCUT2D eigenvalue weighted by Crippen LogP contribution is -1.86. The van der Waals surface area contributed by atoms with Crippen LogP contribution in [0.2, 0.25) is 5.02 Å². The first-order chi connectivity index (χ1) is 7.18. The molecule has 2 aromatic rings. The Morgan fingerprint density at radius 2 is 1.69 bits per heavy atom. The normalized spacial score (nSPS) is 9.56. The number of hydrogen-bond donors (Lipinski definition) is 2. The first-order valence-corrected chi connectivity index (χ1v) is 4.89. The Kier molecular flexibility index (Phi) is 4.05. The monoisotopic (exact) mass is 255 g/mol. The Bertz CT molecular complexity index is 500. The molecule has 0 saturated carbocycles. The van der Waals surface area contributed by atoms with Gasteiger partial charge in [-0.15, -0.1) is 12.4 Å². The molecule has 2 aromatic carbocycles. The average molecular weight is 256 g/mol. The van der Waals surface area contributed by atoms with Crippen molar-refractivity contribution < 1.29 is 5.11 Å². The lowest BCUT2D eigenvalue weighted by atomic mass is 10.0. The summed E-state index contributed by atoms with van der Waals surface area (Å²) in [6.07, 6.45) is 0. The topological polar surface area (TPSA) is 46.2 Å². The maximum Gasteiger partial charge on any atom is 0.125 e. The van der Waals surface area contributed by atoms with Crippen LogP contribution in [0.5, 0.6) is 5.75 Å². The van der Waals surface area contributed by atoms with E-state index in [1.165, 1.54) is 6.07 Å². The van der Waals surface area contributed by atoms with Gasteiger partial charge in [0.05, 0.1) is 0 Å². The third-order valence-electron chi connectivity index (χ3n) is 2.19. The molecule has 0 aliphatic carbocycles. The summed E-state index contributed by atoms with van der Waals surface area (Å²) in [7, 11) is 0. The van der Waals surface area contributed by atoms with Crippen molar-refractivity contribution in [3.63, 3.8) is 0 Å². The molecule has 16 heavy (non-hydrogen) atoms. The van der Waals surface area contributed by atoms with E-state index in [1.54, 1.807) is 18.2 Å². The van der Waals surface area contributed by atoms with Crippen molar-refractivity contribution in [2.75, 3.05) is 5.73 Å². The van der Waals surface area contributed by atoms with E-state index in [-0.39, 0.29) is 18.2 Å². The van der Waals surface area contributed by atoms with E-state index < -0.39 is 0 Å². The van der Waals surface area contributed by atoms with Crippen LogP contribution in [-0.2, 0) is 0 Å². The molecule has 0 saturated heterocycles. The van der Waals surface area contributed by atoms with E-state index in [2.05, 4.69) is 0 Å². The minimum atomic E-state index is 0. The Hall–Kier alpha value is -1.38. The van der Waals surface area contributed by atoms with E-state index in [0.717, 1.165) is 5.56 Å². The zero-order valence-corrected chi connectivity index (χ0v) is 9.92. The van der Waals surface area contributed by atoms with Crippen molar-refractivity contribution in [3.05, 3.63) is 47.5 Å². The molecule has 0 aromatic heterocycles. The van der Waals surface area contributed by atoms with Gasteiger partial charge in [-0.2, -0.15) is 0 Å². The van der Waals surface area contributed by atoms with Crippen molar-refractivity contribution in [1.82, 2.24) is 0 Å². The molecule has 0 aliphatic heterocycles. The summed E-state index contributed by atoms with van der Waals surface area (Å²) in [5, 5.41) is 10.3. The number of aromatic hydroxyl groups is 1. The minimum absolute atomic E-state index is 0. The number of phenols is 1. The molecule has 0 amide bonds. The van der Waals surface area contributed by atoms with Crippen LogP contribution in [0.3, 0.4) is 0 Å². The highest BCUT2D eigenvalue weighted by molar-refractivity contribution is 6.33. The molecule has 2 rings (SSSR count). The maximum atomic E-state index is 9.73. The number of hydrogen-bond acceptors (Lipinski definition) is 2. The van der Waals surface area contributed by atoms with Crippen molar-refractivity contribution >= 4 is 29.7 Å². The molecule has 4 heteroatoms. The van der Waals surface area contributed by atoms with Crippen molar-refractivity contribution in [2.45, 2.75) is 0 Å². The van der Waals surface area contributed by atoms with Crippen LogP contribution in [0.25, 0.3) is 11.1 Å². The molecule has 0 fully saturated rings. The molecule has 0 atom stereocenters. The Balaban J connectivity index is 0.00000128. The summed E-state index contributed by atoms with van der Waals surface area (Å²) >= 11 is 6.03. The Morgan fingerprint density at radius 1 is 1.00 bits per heavy atom. The average Bonchev–Trinajstić information content (AvgIpc) is 2.20. The summed E-state index contributed by atoms with van der Waals surface area (Å²) in [5.41, 5.74) is 7.57. The van der Waals surface area contributed by atoms with Crippen LogP contribution in [0, 0.1) is 0 Å². The first-order valence-electron chi connectivity index (χ1n) is 4.52. The van der Waals surface area contributed by atoms with E-state index in [1.807, 2.05) is 18.2 Å². The molecule has 2 nitrogen and oxygen atoms in total. The molecule has 0 aliphatic rings. The molecule has 3 N–H and O–H groups in total. The highest BCUT2D eigenvalue weighted by atomic mass is 35.5. The molecular formula is C12H11Cl2NO. The first kappa shape index (κ1) is 12.7. The fourth-order valence-corrected chi connectivity index (χ4v) is 1.69. The fourth-order valence-electron chi connectivity index (χ4n) is 1.46. The highest BCUT2D eigenvalue weighted by Gasteiger charge is 2.07. The maximum absolute atomic E-state index is 9.73. The minimum Gasteiger partial charge on any atom is -0.507 e. The van der Waals surface area contributed by atoms with Gasteiger partial charge >= 0.3 is 0 Å². The number of benzene rings is 2. The highest BCUT2D eigenvalue weighted by Crippen LogP contribution is 2.34. The second-order valence-corrected chi connectivity index (χ2v) is 3.66. The summed E-state index contributed by atoms with van der Waals surface area (Å²) in [6, 6.07) is 12.4. The largest absolute Gasteiger partial charge is 0.507 e. The number of phenolic OH excluding ortho intramolecular Hbond substituents is 1. The van der Waals surface area contributed by atoms with E-state index >= 15 is 0 Å². The fraction of sp³-hybridized carbons (Fsp3) is 0. The van der Waals surface area contributed by atoms with Gasteiger partial charge in [0, 0.05) is 27.9 Å². The smallest absolute Gasteiger partial charge is 0.125 e. The number of nitrogens with two attached hydrogens (primary N) is 1. The third-order valence-corrected chi connectivity index (χ3v) is 2.52. The summed E-state index contributed by atoms with van der Waals surface area (Å²) in [6.45, 7) is 0. The molecule has 0 radical (unpaired) electrons. The number of rotatable bonds is 1. The van der Waals surface area contributed by atoms with Crippen LogP contribution in [0.4, 0.5) is 5.69 Å². The number of nitrogen functional groups attached to an aromatic ring is 1. The molecule has 0 bridgehead atoms. The second-order valence-electron chi connectivity index (χ2n) is 3.26. The third kappa shape index (κ3) is 2.40. The van der Waals surface area contributed by atoms with Gasteiger partial charge in [0.15, 0.2) is 0 Å². The lowest BCUT2D eigenvalue weighted by Gasteiger charge is -2.07. The zero-order valence-electron chi connectivity index (χ0n) is 8.35. The second kappa shape index (κ2) is 5.10. The van der Waals surface area contributed by atoms with Crippen LogP contribution in [0.15, 0.2) is 42.5 Å². The van der Waals surface area contributed by atoms with Gasteiger partial charge in [-0.3, -0.25) is 0 Å². The predicted octanol–water partition coefficient (Wildman–Crippen LogP) is 3.72. The van der Waals surface area contributed by atoms with Gasteiger partial charge in [0.25, 0.3) is 0 Å². The van der Waals surface area contributed by atoms with Crippen molar-refractivity contribution in [3.8, 4) is 16.9 Å². The van der Waals surface area contributed by atoms with Gasteiger partial charge in [-0.25, -0.2) is 0 Å². The molecule has 84 valence electrons. The number of halogens is 2. The standard InChI is InChI=1S/C12H10ClNO.ClH/c13-11-4-2-1-3-9(11)10-6-5-8(14)7-12(10)15;/h1-7,15H,14H2;1H. The lowest BCUT2D eigenvalue weighted by molar-refractivity contribution is 0.477. The van der Waals surface area contributed by atoms with Gasteiger partial charge in [-0.05, 0) is 18.2 Å². The summed E-state index contributed by atoms with van der Waals surface area (Å²) in [5.74, 6) is 0.142. The van der Waals surface area contributed by atoms with Gasteiger partial charge in [0.2, 0.25) is 0 Å². The Labute approximate surface area is 105 Å². The van der Waals surface area contributed by atoms with Crippen LogP contribution in [-0.4, -0.2) is 5.11 Å². The van der Waals surface area contributed by atoms with Gasteiger partial charge in [-0.1, -0.05) is 29.8 Å². The molecule has 0 heterocycles. The Morgan fingerprint density at radius 3 is 2.31 bits per heavy atom. The van der Waals surface area contributed by atoms with Crippen molar-refractivity contribution in [1.29, 1.82) is 0 Å².